The molecule has 1 aromatic carbocycles. The Kier molecular flexibility index (Phi) is 8.67. The van der Waals surface area contributed by atoms with Crippen molar-refractivity contribution in [1.29, 1.82) is 0 Å². The number of benzene rings is 1. The lowest BCUT2D eigenvalue weighted by molar-refractivity contribution is -0.139. The summed E-state index contributed by atoms with van der Waals surface area (Å²) in [5.41, 5.74) is 1.36. The standard InChI is InChI=1S/C23H31Cl2N5O4/c1-5-26-22(32)30-11-10-29(12-14(30)3)13-17-18(21(31)34-6-2)20(27-23(33)28(17)4)15-8-7-9-16(24)19(15)25/h7-9,14,20H,5-6,10-13H2,1-4H3,(H,26,32)(H,27,33)/t14-,20-/m1/s1. The lowest BCUT2D eigenvalue weighted by Gasteiger charge is -2.42. The van der Waals surface area contributed by atoms with Gasteiger partial charge in [-0.3, -0.25) is 9.80 Å². The first kappa shape index (κ1) is 26.1. The van der Waals surface area contributed by atoms with E-state index in [1.165, 1.54) is 4.90 Å². The van der Waals surface area contributed by atoms with Crippen molar-refractivity contribution in [2.45, 2.75) is 32.9 Å². The first-order valence-electron chi connectivity index (χ1n) is 11.3. The monoisotopic (exact) mass is 511 g/mol. The van der Waals surface area contributed by atoms with Crippen LogP contribution in [0.4, 0.5) is 9.59 Å². The number of amides is 4. The van der Waals surface area contributed by atoms with Crippen LogP contribution in [0.15, 0.2) is 29.5 Å². The van der Waals surface area contributed by atoms with Crippen LogP contribution in [0, 0.1) is 0 Å². The maximum atomic E-state index is 13.1. The molecule has 0 aliphatic carbocycles. The number of rotatable bonds is 6. The molecule has 34 heavy (non-hydrogen) atoms. The van der Waals surface area contributed by atoms with Gasteiger partial charge in [-0.15, -0.1) is 0 Å². The van der Waals surface area contributed by atoms with Gasteiger partial charge in [0.25, 0.3) is 0 Å². The van der Waals surface area contributed by atoms with E-state index in [1.807, 2.05) is 13.8 Å². The topological polar surface area (TPSA) is 94.2 Å². The lowest BCUT2D eigenvalue weighted by atomic mass is 9.94. The number of hydrogen-bond acceptors (Lipinski definition) is 5. The molecule has 2 aliphatic heterocycles. The van der Waals surface area contributed by atoms with Crippen molar-refractivity contribution in [1.82, 2.24) is 25.3 Å². The molecule has 2 N–H and O–H groups in total. The summed E-state index contributed by atoms with van der Waals surface area (Å²) in [6.45, 7) is 8.40. The number of esters is 1. The quantitative estimate of drug-likeness (QED) is 0.571. The van der Waals surface area contributed by atoms with Crippen LogP contribution < -0.4 is 10.6 Å². The van der Waals surface area contributed by atoms with Gasteiger partial charge in [0.05, 0.1) is 28.3 Å². The highest BCUT2D eigenvalue weighted by Crippen LogP contribution is 2.37. The molecule has 0 saturated carbocycles. The number of halogens is 2. The molecule has 2 heterocycles. The van der Waals surface area contributed by atoms with Gasteiger partial charge in [-0.05, 0) is 32.4 Å². The molecule has 4 amide bonds. The average molecular weight is 512 g/mol. The number of hydrogen-bond donors (Lipinski definition) is 2. The normalized spacial score (nSPS) is 21.4. The van der Waals surface area contributed by atoms with Crippen molar-refractivity contribution in [3.05, 3.63) is 45.1 Å². The predicted octanol–water partition coefficient (Wildman–Crippen LogP) is 3.24. The zero-order valence-electron chi connectivity index (χ0n) is 19.9. The molecular formula is C23H31Cl2N5O4. The summed E-state index contributed by atoms with van der Waals surface area (Å²) in [6.07, 6.45) is 0. The maximum absolute atomic E-state index is 13.1. The number of nitrogens with one attached hydrogen (secondary N) is 2. The van der Waals surface area contributed by atoms with Crippen molar-refractivity contribution in [2.24, 2.45) is 0 Å². The molecule has 11 heteroatoms. The summed E-state index contributed by atoms with van der Waals surface area (Å²) in [5.74, 6) is -0.528. The van der Waals surface area contributed by atoms with Crippen LogP contribution in [0.3, 0.4) is 0 Å². The summed E-state index contributed by atoms with van der Waals surface area (Å²) in [7, 11) is 1.62. The molecule has 2 aliphatic rings. The third-order valence-corrected chi connectivity index (χ3v) is 6.87. The second-order valence-corrected chi connectivity index (χ2v) is 9.06. The van der Waals surface area contributed by atoms with E-state index in [1.54, 1.807) is 37.1 Å². The number of ether oxygens (including phenoxy) is 1. The maximum Gasteiger partial charge on any atom is 0.338 e. The molecule has 186 valence electrons. The van der Waals surface area contributed by atoms with E-state index >= 15 is 0 Å². The molecule has 2 atom stereocenters. The molecule has 1 saturated heterocycles. The van der Waals surface area contributed by atoms with Crippen molar-refractivity contribution in [3.63, 3.8) is 0 Å². The molecule has 0 aromatic heterocycles. The molecule has 0 spiro atoms. The Balaban J connectivity index is 1.97. The van der Waals surface area contributed by atoms with Crippen LogP contribution in [0.1, 0.15) is 32.4 Å². The van der Waals surface area contributed by atoms with Crippen LogP contribution in [-0.2, 0) is 9.53 Å². The molecule has 1 aromatic rings. The fourth-order valence-electron chi connectivity index (χ4n) is 4.32. The van der Waals surface area contributed by atoms with Crippen molar-refractivity contribution < 1.29 is 19.1 Å². The highest BCUT2D eigenvalue weighted by molar-refractivity contribution is 6.42. The number of piperazine rings is 1. The van der Waals surface area contributed by atoms with Crippen LogP contribution in [0.2, 0.25) is 10.0 Å². The first-order chi connectivity index (χ1) is 16.2. The fraction of sp³-hybridized carbons (Fsp3) is 0.522. The fourth-order valence-corrected chi connectivity index (χ4v) is 4.73. The molecular weight excluding hydrogens is 481 g/mol. The molecule has 1 fully saturated rings. The van der Waals surface area contributed by atoms with Crippen LogP contribution >= 0.6 is 23.2 Å². The summed E-state index contributed by atoms with van der Waals surface area (Å²) in [5, 5.41) is 6.29. The second kappa shape index (κ2) is 11.3. The van der Waals surface area contributed by atoms with E-state index in [0.29, 0.717) is 54.6 Å². The Morgan fingerprint density at radius 1 is 1.24 bits per heavy atom. The number of nitrogens with zero attached hydrogens (tertiary/aromatic N) is 3. The van der Waals surface area contributed by atoms with E-state index in [9.17, 15) is 14.4 Å². The minimum atomic E-state index is -0.807. The third-order valence-electron chi connectivity index (χ3n) is 6.04. The van der Waals surface area contributed by atoms with Gasteiger partial charge in [0.2, 0.25) is 0 Å². The predicted molar refractivity (Wildman–Crippen MR) is 131 cm³/mol. The third kappa shape index (κ3) is 5.42. The Hall–Kier alpha value is -2.49. The van der Waals surface area contributed by atoms with E-state index < -0.39 is 12.0 Å². The Morgan fingerprint density at radius 2 is 1.97 bits per heavy atom. The van der Waals surface area contributed by atoms with Crippen LogP contribution in [-0.4, -0.2) is 85.2 Å². The molecule has 0 unspecified atom stereocenters. The van der Waals surface area contributed by atoms with Crippen LogP contribution in [0.5, 0.6) is 0 Å². The highest BCUT2D eigenvalue weighted by Gasteiger charge is 2.39. The SMILES string of the molecule is CCNC(=O)N1CCN(CC2=C(C(=O)OCC)[C@@H](c3cccc(Cl)c3Cl)NC(=O)N2C)C[C@H]1C. The van der Waals surface area contributed by atoms with E-state index in [-0.39, 0.29) is 29.7 Å². The number of carbonyl (C=O) groups excluding carboxylic acids is 3. The Bertz CT molecular complexity index is 986. The lowest BCUT2D eigenvalue weighted by Crippen LogP contribution is -2.57. The van der Waals surface area contributed by atoms with Crippen molar-refractivity contribution >= 4 is 41.2 Å². The molecule has 3 rings (SSSR count). The zero-order chi connectivity index (χ0) is 25.0. The molecule has 0 radical (unpaired) electrons. The number of urea groups is 2. The van der Waals surface area contributed by atoms with Gasteiger partial charge in [-0.1, -0.05) is 35.3 Å². The zero-order valence-corrected chi connectivity index (χ0v) is 21.4. The Labute approximate surface area is 210 Å². The molecule has 9 nitrogen and oxygen atoms in total. The minimum Gasteiger partial charge on any atom is -0.463 e. The van der Waals surface area contributed by atoms with Gasteiger partial charge in [-0.25, -0.2) is 14.4 Å². The van der Waals surface area contributed by atoms with Crippen molar-refractivity contribution in [2.75, 3.05) is 46.4 Å². The largest absolute Gasteiger partial charge is 0.463 e. The molecule has 0 bridgehead atoms. The highest BCUT2D eigenvalue weighted by atomic mass is 35.5. The summed E-state index contributed by atoms with van der Waals surface area (Å²) in [4.78, 5) is 43.7. The van der Waals surface area contributed by atoms with Gasteiger partial charge in [0.1, 0.15) is 0 Å². The van der Waals surface area contributed by atoms with Gasteiger partial charge in [-0.2, -0.15) is 0 Å². The van der Waals surface area contributed by atoms with Gasteiger partial charge < -0.3 is 20.3 Å². The van der Waals surface area contributed by atoms with E-state index in [0.717, 1.165) is 0 Å². The Morgan fingerprint density at radius 3 is 2.62 bits per heavy atom. The number of likely N-dealkylation sites (N-methyl/N-ethyl adjacent to an activating group) is 1. The van der Waals surface area contributed by atoms with Gasteiger partial charge in [0.15, 0.2) is 0 Å². The smallest absolute Gasteiger partial charge is 0.338 e. The van der Waals surface area contributed by atoms with E-state index in [2.05, 4.69) is 15.5 Å². The minimum absolute atomic E-state index is 0.0344. The van der Waals surface area contributed by atoms with Gasteiger partial charge in [0, 0.05) is 51.5 Å². The van der Waals surface area contributed by atoms with Gasteiger partial charge >= 0.3 is 18.0 Å². The second-order valence-electron chi connectivity index (χ2n) is 8.28. The first-order valence-corrected chi connectivity index (χ1v) is 12.1. The van der Waals surface area contributed by atoms with Crippen LogP contribution in [0.25, 0.3) is 0 Å². The van der Waals surface area contributed by atoms with E-state index in [4.69, 9.17) is 27.9 Å². The summed E-state index contributed by atoms with van der Waals surface area (Å²) < 4.78 is 5.37. The summed E-state index contributed by atoms with van der Waals surface area (Å²) in [6, 6.07) is 3.80. The number of carbonyl (C=O) groups is 3. The van der Waals surface area contributed by atoms with Crippen molar-refractivity contribution in [3.8, 4) is 0 Å². The summed E-state index contributed by atoms with van der Waals surface area (Å²) >= 11 is 12.7. The average Bonchev–Trinajstić information content (AvgIpc) is 2.79.